The Morgan fingerprint density at radius 1 is 0.263 bits per heavy atom. The van der Waals surface area contributed by atoms with Crippen molar-refractivity contribution in [3.63, 3.8) is 0 Å². The average Bonchev–Trinajstić information content (AvgIpc) is 4.22. The van der Waals surface area contributed by atoms with Crippen molar-refractivity contribution in [1.82, 2.24) is 0 Å². The number of hydrogen-bond donors (Lipinski definition) is 0. The summed E-state index contributed by atoms with van der Waals surface area (Å²) in [7, 11) is 0. The Balaban J connectivity index is 0.838. The molecule has 0 N–H and O–H groups in total. The van der Waals surface area contributed by atoms with E-state index in [9.17, 15) is 0 Å². The van der Waals surface area contributed by atoms with Crippen LogP contribution in [0.4, 0.5) is 17.1 Å². The minimum absolute atomic E-state index is 0.533. The predicted molar refractivity (Wildman–Crippen MR) is 315 cm³/mol. The van der Waals surface area contributed by atoms with E-state index in [1.807, 2.05) is 24.3 Å². The standard InChI is InChI=1S/C73H47NO2/c1-3-17-56(18-4-1)73(57-19-5-2-6-20-57)65-24-10-7-23-62(65)72-66(73)25-14-26-67(72)74(58-39-33-49(34-40-58)48-29-31-50(32-30-48)54-37-43-70-63(46-54)60-21-8-11-27-68(60)75-70)59-41-35-51(36-42-59)52-15-13-16-53(45-52)55-38-44-71-64(47-55)61-22-9-12-28-69(61)76-71/h1-47H. The highest BCUT2D eigenvalue weighted by Gasteiger charge is 2.47. The summed E-state index contributed by atoms with van der Waals surface area (Å²) in [6, 6.07) is 104. The molecule has 0 saturated heterocycles. The Bertz CT molecular complexity index is 4450. The maximum atomic E-state index is 6.18. The molecule has 0 saturated carbocycles. The van der Waals surface area contributed by atoms with Crippen molar-refractivity contribution in [2.45, 2.75) is 5.41 Å². The first-order valence-electron chi connectivity index (χ1n) is 26.0. The van der Waals surface area contributed by atoms with Gasteiger partial charge in [0.15, 0.2) is 0 Å². The van der Waals surface area contributed by atoms with Crippen molar-refractivity contribution in [2.75, 3.05) is 4.90 Å². The molecule has 0 aliphatic heterocycles. The Morgan fingerprint density at radius 2 is 0.658 bits per heavy atom. The van der Waals surface area contributed by atoms with Crippen LogP contribution in [0, 0.1) is 0 Å². The second-order valence-electron chi connectivity index (χ2n) is 19.9. The van der Waals surface area contributed by atoms with Crippen LogP contribution in [0.1, 0.15) is 22.3 Å². The van der Waals surface area contributed by atoms with Crippen LogP contribution in [0.25, 0.3) is 99.5 Å². The van der Waals surface area contributed by atoms with E-state index < -0.39 is 5.41 Å². The minimum atomic E-state index is -0.533. The number of fused-ring (bicyclic) bond motifs is 9. The van der Waals surface area contributed by atoms with Crippen LogP contribution in [0.3, 0.4) is 0 Å². The summed E-state index contributed by atoms with van der Waals surface area (Å²) in [5.74, 6) is 0. The maximum absolute atomic E-state index is 6.18. The fraction of sp³-hybridized carbons (Fsp3) is 0.0137. The van der Waals surface area contributed by atoms with Crippen LogP contribution >= 0.6 is 0 Å². The van der Waals surface area contributed by atoms with E-state index in [2.05, 4.69) is 266 Å². The molecule has 2 aromatic heterocycles. The predicted octanol–water partition coefficient (Wildman–Crippen LogP) is 20.0. The fourth-order valence-corrected chi connectivity index (χ4v) is 12.2. The van der Waals surface area contributed by atoms with Crippen molar-refractivity contribution >= 4 is 60.9 Å². The summed E-state index contributed by atoms with van der Waals surface area (Å²) >= 11 is 0. The summed E-state index contributed by atoms with van der Waals surface area (Å²) in [4.78, 5) is 2.45. The first kappa shape index (κ1) is 43.6. The highest BCUT2D eigenvalue weighted by atomic mass is 16.3. The molecule has 15 rings (SSSR count). The van der Waals surface area contributed by atoms with Crippen LogP contribution in [0.5, 0.6) is 0 Å². The van der Waals surface area contributed by atoms with Gasteiger partial charge in [-0.05, 0) is 145 Å². The molecule has 2 heterocycles. The van der Waals surface area contributed by atoms with Crippen molar-refractivity contribution < 1.29 is 8.83 Å². The lowest BCUT2D eigenvalue weighted by molar-refractivity contribution is 0.668. The lowest BCUT2D eigenvalue weighted by Crippen LogP contribution is -2.28. The summed E-state index contributed by atoms with van der Waals surface area (Å²) in [5.41, 5.74) is 23.1. The third-order valence-corrected chi connectivity index (χ3v) is 15.8. The second kappa shape index (κ2) is 17.6. The molecule has 0 unspecified atom stereocenters. The summed E-state index contributed by atoms with van der Waals surface area (Å²) in [5, 5.41) is 4.53. The van der Waals surface area contributed by atoms with E-state index in [-0.39, 0.29) is 0 Å². The van der Waals surface area contributed by atoms with Crippen LogP contribution in [0.15, 0.2) is 294 Å². The molecule has 0 fully saturated rings. The molecule has 1 aliphatic carbocycles. The molecule has 0 spiro atoms. The van der Waals surface area contributed by atoms with E-state index in [1.165, 1.54) is 38.9 Å². The molecular weight excluding hydrogens is 923 g/mol. The molecule has 14 aromatic rings. The van der Waals surface area contributed by atoms with Crippen molar-refractivity contribution in [3.05, 3.63) is 307 Å². The molecule has 0 radical (unpaired) electrons. The van der Waals surface area contributed by atoms with Crippen molar-refractivity contribution in [3.8, 4) is 55.6 Å². The van der Waals surface area contributed by atoms with Crippen LogP contribution in [-0.2, 0) is 5.41 Å². The number of para-hydroxylation sites is 2. The van der Waals surface area contributed by atoms with Gasteiger partial charge < -0.3 is 13.7 Å². The van der Waals surface area contributed by atoms with Gasteiger partial charge in [0.1, 0.15) is 22.3 Å². The van der Waals surface area contributed by atoms with Gasteiger partial charge in [-0.15, -0.1) is 0 Å². The molecular formula is C73H47NO2. The third-order valence-electron chi connectivity index (χ3n) is 15.8. The monoisotopic (exact) mass is 969 g/mol. The number of nitrogens with zero attached hydrogens (tertiary/aromatic N) is 1. The SMILES string of the molecule is c1ccc(C2(c3ccccc3)c3ccccc3-c3c(N(c4ccc(-c5ccc(-c6ccc7oc8ccccc8c7c6)cc5)cc4)c4ccc(-c5cccc(-c6ccc7oc8ccccc8c7c6)c5)cc4)cccc32)cc1. The lowest BCUT2D eigenvalue weighted by Gasteiger charge is -2.34. The van der Waals surface area contributed by atoms with Gasteiger partial charge in [-0.25, -0.2) is 0 Å². The summed E-state index contributed by atoms with van der Waals surface area (Å²) in [6.45, 7) is 0. The molecule has 356 valence electrons. The van der Waals surface area contributed by atoms with Gasteiger partial charge in [-0.3, -0.25) is 0 Å². The number of hydrogen-bond acceptors (Lipinski definition) is 3. The minimum Gasteiger partial charge on any atom is -0.456 e. The molecule has 76 heavy (non-hydrogen) atoms. The Labute approximate surface area is 440 Å². The summed E-state index contributed by atoms with van der Waals surface area (Å²) < 4.78 is 12.3. The normalized spacial score (nSPS) is 12.6. The summed E-state index contributed by atoms with van der Waals surface area (Å²) in [6.07, 6.45) is 0. The lowest BCUT2D eigenvalue weighted by atomic mass is 9.68. The van der Waals surface area contributed by atoms with Crippen LogP contribution in [0.2, 0.25) is 0 Å². The fourth-order valence-electron chi connectivity index (χ4n) is 12.2. The molecule has 12 aromatic carbocycles. The van der Waals surface area contributed by atoms with Crippen molar-refractivity contribution in [2.24, 2.45) is 0 Å². The number of furan rings is 2. The molecule has 0 atom stereocenters. The first-order valence-corrected chi connectivity index (χ1v) is 26.0. The molecule has 0 bridgehead atoms. The second-order valence-corrected chi connectivity index (χ2v) is 19.9. The first-order chi connectivity index (χ1) is 37.7. The van der Waals surface area contributed by atoms with Gasteiger partial charge in [0, 0.05) is 38.5 Å². The Kier molecular flexibility index (Phi) is 10.1. The van der Waals surface area contributed by atoms with E-state index in [4.69, 9.17) is 8.83 Å². The third kappa shape index (κ3) is 6.97. The highest BCUT2D eigenvalue weighted by molar-refractivity contribution is 6.07. The van der Waals surface area contributed by atoms with Gasteiger partial charge in [0.25, 0.3) is 0 Å². The van der Waals surface area contributed by atoms with E-state index >= 15 is 0 Å². The van der Waals surface area contributed by atoms with Crippen molar-refractivity contribution in [1.29, 1.82) is 0 Å². The quantitative estimate of drug-likeness (QED) is 0.144. The van der Waals surface area contributed by atoms with Gasteiger partial charge in [0.2, 0.25) is 0 Å². The zero-order valence-electron chi connectivity index (χ0n) is 41.4. The molecule has 3 heteroatoms. The zero-order valence-corrected chi connectivity index (χ0v) is 41.4. The van der Waals surface area contributed by atoms with Crippen LogP contribution < -0.4 is 4.90 Å². The Morgan fingerprint density at radius 3 is 1.22 bits per heavy atom. The molecule has 1 aliphatic rings. The van der Waals surface area contributed by atoms with E-state index in [1.54, 1.807) is 0 Å². The van der Waals surface area contributed by atoms with Crippen LogP contribution in [-0.4, -0.2) is 0 Å². The largest absolute Gasteiger partial charge is 0.456 e. The number of rotatable bonds is 9. The molecule has 0 amide bonds. The van der Waals surface area contributed by atoms with E-state index in [0.29, 0.717) is 0 Å². The van der Waals surface area contributed by atoms with Gasteiger partial charge in [-0.1, -0.05) is 212 Å². The smallest absolute Gasteiger partial charge is 0.135 e. The Hall–Kier alpha value is -9.96. The van der Waals surface area contributed by atoms with E-state index in [0.717, 1.165) is 99.9 Å². The average molecular weight is 970 g/mol. The van der Waals surface area contributed by atoms with Gasteiger partial charge in [0.05, 0.1) is 11.1 Å². The molecule has 3 nitrogen and oxygen atoms in total. The number of anilines is 3. The topological polar surface area (TPSA) is 29.5 Å². The maximum Gasteiger partial charge on any atom is 0.135 e. The van der Waals surface area contributed by atoms with Gasteiger partial charge >= 0.3 is 0 Å². The zero-order chi connectivity index (χ0) is 50.2. The van der Waals surface area contributed by atoms with Gasteiger partial charge in [-0.2, -0.15) is 0 Å². The number of benzene rings is 12. The highest BCUT2D eigenvalue weighted by Crippen LogP contribution is 2.59.